The Morgan fingerprint density at radius 1 is 1.26 bits per heavy atom. The molecule has 0 saturated heterocycles. The van der Waals surface area contributed by atoms with Crippen LogP contribution in [0.4, 0.5) is 5.69 Å². The average Bonchev–Trinajstić information content (AvgIpc) is 2.85. The van der Waals surface area contributed by atoms with Crippen LogP contribution < -0.4 is 4.74 Å². The van der Waals surface area contributed by atoms with Crippen molar-refractivity contribution in [2.24, 2.45) is 0 Å². The highest BCUT2D eigenvalue weighted by Crippen LogP contribution is 2.44. The molecule has 6 nitrogen and oxygen atoms in total. The van der Waals surface area contributed by atoms with Crippen molar-refractivity contribution in [3.05, 3.63) is 62.5 Å². The number of hydrogen-bond acceptors (Lipinski definition) is 6. The fraction of sp³-hybridized carbons (Fsp3) is 0.0625. The van der Waals surface area contributed by atoms with E-state index in [0.29, 0.717) is 10.5 Å². The second kappa shape index (κ2) is 5.77. The summed E-state index contributed by atoms with van der Waals surface area (Å²) in [7, 11) is 1.24. The van der Waals surface area contributed by atoms with Gasteiger partial charge in [0.2, 0.25) is 11.5 Å². The van der Waals surface area contributed by atoms with Crippen LogP contribution in [0, 0.1) is 10.1 Å². The molecule has 0 amide bonds. The Bertz CT molecular complexity index is 860. The number of rotatable bonds is 3. The predicted molar refractivity (Wildman–Crippen MR) is 85.9 cm³/mol. The number of ketones is 1. The molecule has 0 unspecified atom stereocenters. The number of fused-ring (bicyclic) bond motifs is 1. The molecule has 7 heteroatoms. The molecule has 1 N–H and O–H groups in total. The Balaban J connectivity index is 2.11. The topological polar surface area (TPSA) is 89.7 Å². The molecule has 116 valence electrons. The van der Waals surface area contributed by atoms with E-state index in [1.807, 2.05) is 12.1 Å². The largest absolute Gasteiger partial charge is 0.504 e. The van der Waals surface area contributed by atoms with Crippen LogP contribution in [0.3, 0.4) is 0 Å². The number of ether oxygens (including phenoxy) is 1. The first-order chi connectivity index (χ1) is 11.0. The lowest BCUT2D eigenvalue weighted by molar-refractivity contribution is -0.386. The van der Waals surface area contributed by atoms with Gasteiger partial charge in [0, 0.05) is 10.5 Å². The molecule has 23 heavy (non-hydrogen) atoms. The van der Waals surface area contributed by atoms with E-state index in [1.54, 1.807) is 12.1 Å². The smallest absolute Gasteiger partial charge is 0.322 e. The standard InChI is InChI=1S/C16H11NO5S/c1-22-16-11(18)7-6-9(14(16)17(20)21)8-13-15(19)10-4-2-3-5-12(10)23-13/h2-8,18H,1H3/b13-8+. The van der Waals surface area contributed by atoms with Crippen molar-refractivity contribution in [1.82, 2.24) is 0 Å². The summed E-state index contributed by atoms with van der Waals surface area (Å²) in [6.07, 6.45) is 1.45. The van der Waals surface area contributed by atoms with E-state index in [-0.39, 0.29) is 28.5 Å². The second-order valence-corrected chi connectivity index (χ2v) is 5.83. The monoisotopic (exact) mass is 329 g/mol. The summed E-state index contributed by atoms with van der Waals surface area (Å²) >= 11 is 1.26. The number of methoxy groups -OCH3 is 1. The Kier molecular flexibility index (Phi) is 3.79. The molecule has 0 bridgehead atoms. The normalized spacial score (nSPS) is 14.8. The lowest BCUT2D eigenvalue weighted by Gasteiger charge is -2.06. The average molecular weight is 329 g/mol. The van der Waals surface area contributed by atoms with Gasteiger partial charge < -0.3 is 9.84 Å². The maximum Gasteiger partial charge on any atom is 0.322 e. The maximum atomic E-state index is 12.4. The van der Waals surface area contributed by atoms with Gasteiger partial charge in [-0.15, -0.1) is 0 Å². The van der Waals surface area contributed by atoms with Gasteiger partial charge in [-0.05, 0) is 30.3 Å². The highest BCUT2D eigenvalue weighted by Gasteiger charge is 2.28. The van der Waals surface area contributed by atoms with Crippen molar-refractivity contribution >= 4 is 29.3 Å². The fourth-order valence-corrected chi connectivity index (χ4v) is 3.40. The number of Topliss-reactive ketones (excluding diaryl/α,β-unsaturated/α-hetero) is 1. The number of phenols is 1. The molecule has 1 heterocycles. The van der Waals surface area contributed by atoms with Crippen molar-refractivity contribution in [1.29, 1.82) is 0 Å². The first-order valence-electron chi connectivity index (χ1n) is 6.60. The molecule has 2 aromatic rings. The first-order valence-corrected chi connectivity index (χ1v) is 7.42. The summed E-state index contributed by atoms with van der Waals surface area (Å²) in [5.41, 5.74) is 0.412. The zero-order valence-electron chi connectivity index (χ0n) is 12.0. The van der Waals surface area contributed by atoms with Gasteiger partial charge in [0.15, 0.2) is 5.75 Å². The minimum Gasteiger partial charge on any atom is -0.504 e. The molecule has 2 aromatic carbocycles. The van der Waals surface area contributed by atoms with Crippen LogP contribution in [0.15, 0.2) is 46.2 Å². The van der Waals surface area contributed by atoms with Crippen LogP contribution >= 0.6 is 11.8 Å². The summed E-state index contributed by atoms with van der Waals surface area (Å²) in [5, 5.41) is 21.0. The number of nitro groups is 1. The number of thioether (sulfide) groups is 1. The molecule has 0 spiro atoms. The van der Waals surface area contributed by atoms with E-state index >= 15 is 0 Å². The molecule has 0 atom stereocenters. The van der Waals surface area contributed by atoms with Crippen molar-refractivity contribution < 1.29 is 19.6 Å². The van der Waals surface area contributed by atoms with Crippen LogP contribution in [0.25, 0.3) is 6.08 Å². The lowest BCUT2D eigenvalue weighted by Crippen LogP contribution is -1.98. The fourth-order valence-electron chi connectivity index (χ4n) is 2.36. The van der Waals surface area contributed by atoms with E-state index in [1.165, 1.54) is 37.1 Å². The summed E-state index contributed by atoms with van der Waals surface area (Å²) in [4.78, 5) is 24.3. The second-order valence-electron chi connectivity index (χ2n) is 4.75. The van der Waals surface area contributed by atoms with Gasteiger partial charge in [-0.2, -0.15) is 0 Å². The number of carbonyl (C=O) groups is 1. The predicted octanol–water partition coefficient (Wildman–Crippen LogP) is 3.64. The van der Waals surface area contributed by atoms with E-state index in [9.17, 15) is 20.0 Å². The van der Waals surface area contributed by atoms with Gasteiger partial charge in [-0.3, -0.25) is 14.9 Å². The van der Waals surface area contributed by atoms with E-state index in [4.69, 9.17) is 4.74 Å². The number of nitrogens with zero attached hydrogens (tertiary/aromatic N) is 1. The van der Waals surface area contributed by atoms with Crippen molar-refractivity contribution in [2.75, 3.05) is 7.11 Å². The summed E-state index contributed by atoms with van der Waals surface area (Å²) < 4.78 is 4.92. The van der Waals surface area contributed by atoms with Crippen LogP contribution in [0.5, 0.6) is 11.5 Å². The highest BCUT2D eigenvalue weighted by molar-refractivity contribution is 8.04. The molecule has 0 fully saturated rings. The molecular formula is C16H11NO5S. The van der Waals surface area contributed by atoms with Crippen LogP contribution in [-0.2, 0) is 0 Å². The minimum atomic E-state index is -0.637. The molecule has 0 radical (unpaired) electrons. The summed E-state index contributed by atoms with van der Waals surface area (Å²) in [5.74, 6) is -0.723. The van der Waals surface area contributed by atoms with E-state index in [0.717, 1.165) is 4.90 Å². The summed E-state index contributed by atoms with van der Waals surface area (Å²) in [6.45, 7) is 0. The number of allylic oxidation sites excluding steroid dienone is 1. The molecule has 3 rings (SSSR count). The third-order valence-corrected chi connectivity index (χ3v) is 4.49. The highest BCUT2D eigenvalue weighted by atomic mass is 32.2. The van der Waals surface area contributed by atoms with Gasteiger partial charge in [-0.1, -0.05) is 23.9 Å². The molecule has 0 aliphatic carbocycles. The maximum absolute atomic E-state index is 12.4. The first kappa shape index (κ1) is 15.1. The Labute approximate surface area is 135 Å². The van der Waals surface area contributed by atoms with Crippen molar-refractivity contribution in [2.45, 2.75) is 4.90 Å². The Hall–Kier alpha value is -2.80. The molecule has 1 aliphatic heterocycles. The Morgan fingerprint density at radius 3 is 2.65 bits per heavy atom. The van der Waals surface area contributed by atoms with Gasteiger partial charge in [-0.25, -0.2) is 0 Å². The zero-order chi connectivity index (χ0) is 16.6. The van der Waals surface area contributed by atoms with Crippen LogP contribution in [-0.4, -0.2) is 22.9 Å². The number of hydrogen-bond donors (Lipinski definition) is 1. The van der Waals surface area contributed by atoms with Gasteiger partial charge >= 0.3 is 5.69 Å². The molecule has 0 aromatic heterocycles. The number of aromatic hydroxyl groups is 1. The minimum absolute atomic E-state index is 0.174. The van der Waals surface area contributed by atoms with Crippen LogP contribution in [0.1, 0.15) is 15.9 Å². The van der Waals surface area contributed by atoms with Crippen molar-refractivity contribution in [3.8, 4) is 11.5 Å². The quantitative estimate of drug-likeness (QED) is 0.525. The number of nitro benzene ring substituents is 1. The SMILES string of the molecule is COc1c(O)ccc(/C=C2/Sc3ccccc3C2=O)c1[N+](=O)[O-]. The third-order valence-electron chi connectivity index (χ3n) is 3.39. The number of carbonyl (C=O) groups excluding carboxylic acids is 1. The molecular weight excluding hydrogens is 318 g/mol. The van der Waals surface area contributed by atoms with Gasteiger partial charge in [0.05, 0.1) is 22.5 Å². The number of benzene rings is 2. The van der Waals surface area contributed by atoms with Crippen molar-refractivity contribution in [3.63, 3.8) is 0 Å². The summed E-state index contributed by atoms with van der Waals surface area (Å²) in [6, 6.07) is 9.83. The Morgan fingerprint density at radius 2 is 2.00 bits per heavy atom. The molecule has 1 aliphatic rings. The third kappa shape index (κ3) is 2.55. The van der Waals surface area contributed by atoms with E-state index in [2.05, 4.69) is 0 Å². The lowest BCUT2D eigenvalue weighted by atomic mass is 10.1. The van der Waals surface area contributed by atoms with E-state index < -0.39 is 4.92 Å². The van der Waals surface area contributed by atoms with Crippen LogP contribution in [0.2, 0.25) is 0 Å². The van der Waals surface area contributed by atoms with Gasteiger partial charge in [0.25, 0.3) is 0 Å². The molecule has 0 saturated carbocycles. The van der Waals surface area contributed by atoms with Gasteiger partial charge in [0.1, 0.15) is 0 Å². The number of phenolic OH excluding ortho intramolecular Hbond substituents is 1. The zero-order valence-corrected chi connectivity index (χ0v) is 12.8.